The second-order valence-corrected chi connectivity index (χ2v) is 8.96. The molecule has 6 nitrogen and oxygen atoms in total. The topological polar surface area (TPSA) is 73.6 Å². The largest absolute Gasteiger partial charge is 0.490 e. The Balaban J connectivity index is 1.39. The predicted octanol–water partition coefficient (Wildman–Crippen LogP) is 5.57. The first-order valence-corrected chi connectivity index (χ1v) is 11.6. The Hall–Kier alpha value is -3.28. The van der Waals surface area contributed by atoms with Gasteiger partial charge in [0.2, 0.25) is 5.91 Å². The number of rotatable bonds is 7. The summed E-state index contributed by atoms with van der Waals surface area (Å²) in [6.07, 6.45) is 3.34. The first-order chi connectivity index (χ1) is 15.9. The van der Waals surface area contributed by atoms with Crippen LogP contribution in [0.1, 0.15) is 55.3 Å². The van der Waals surface area contributed by atoms with E-state index in [9.17, 15) is 4.79 Å². The normalized spacial score (nSPS) is 14.1. The molecule has 2 heterocycles. The van der Waals surface area contributed by atoms with E-state index in [-0.39, 0.29) is 17.9 Å². The number of carbonyl (C=O) groups is 1. The van der Waals surface area contributed by atoms with E-state index in [1.54, 1.807) is 6.20 Å². The molecule has 6 heteroatoms. The highest BCUT2D eigenvalue weighted by atomic mass is 16.5. The molecule has 1 atom stereocenters. The molecule has 0 aliphatic carbocycles. The Morgan fingerprint density at radius 1 is 1.03 bits per heavy atom. The smallest absolute Gasteiger partial charge is 0.221 e. The van der Waals surface area contributed by atoms with Gasteiger partial charge in [-0.25, -0.2) is 4.98 Å². The molecule has 33 heavy (non-hydrogen) atoms. The molecule has 0 fully saturated rings. The van der Waals surface area contributed by atoms with E-state index in [1.165, 1.54) is 11.1 Å². The van der Waals surface area contributed by atoms with Gasteiger partial charge in [0.05, 0.1) is 25.5 Å². The van der Waals surface area contributed by atoms with E-state index in [0.29, 0.717) is 31.9 Å². The number of amides is 1. The van der Waals surface area contributed by atoms with Crippen LogP contribution in [0.3, 0.4) is 0 Å². The fourth-order valence-electron chi connectivity index (χ4n) is 3.93. The predicted molar refractivity (Wildman–Crippen MR) is 128 cm³/mol. The average Bonchev–Trinajstić information content (AvgIpc) is 3.15. The third-order valence-corrected chi connectivity index (χ3v) is 6.02. The lowest BCUT2D eigenvalue weighted by Gasteiger charge is -2.24. The third kappa shape index (κ3) is 5.56. The van der Waals surface area contributed by atoms with Gasteiger partial charge in [0.25, 0.3) is 0 Å². The van der Waals surface area contributed by atoms with Gasteiger partial charge in [-0.15, -0.1) is 0 Å². The molecule has 1 amide bonds. The number of benzene rings is 2. The number of nitrogens with zero attached hydrogens (tertiary/aromatic N) is 1. The number of hydrogen-bond donors (Lipinski definition) is 1. The Morgan fingerprint density at radius 2 is 1.82 bits per heavy atom. The lowest BCUT2D eigenvalue weighted by atomic mass is 9.95. The van der Waals surface area contributed by atoms with Gasteiger partial charge < -0.3 is 19.2 Å². The maximum atomic E-state index is 12.8. The minimum absolute atomic E-state index is 0.0354. The van der Waals surface area contributed by atoms with Gasteiger partial charge in [-0.05, 0) is 54.7 Å². The van der Waals surface area contributed by atoms with Crippen molar-refractivity contribution >= 4 is 5.91 Å². The maximum Gasteiger partial charge on any atom is 0.221 e. The standard InChI is InChI=1S/C27H32N2O4/c1-17(2)27(21-8-9-22-23(15-21)32-13-5-12-31-22)29-25(30)10-11-26-28-16-24(33-26)20-7-6-18(3)19(4)14-20/h6-9,14-17,27H,5,10-13H2,1-4H3,(H,29,30). The Bertz CT molecular complexity index is 1120. The van der Waals surface area contributed by atoms with Gasteiger partial charge in [0.15, 0.2) is 23.1 Å². The molecule has 0 bridgehead atoms. The van der Waals surface area contributed by atoms with Crippen LogP contribution in [-0.4, -0.2) is 24.1 Å². The number of carbonyl (C=O) groups excluding carboxylic acids is 1. The van der Waals surface area contributed by atoms with Gasteiger partial charge in [-0.3, -0.25) is 4.79 Å². The van der Waals surface area contributed by atoms with Crippen LogP contribution in [0.4, 0.5) is 0 Å². The Morgan fingerprint density at radius 3 is 2.58 bits per heavy atom. The zero-order valence-electron chi connectivity index (χ0n) is 19.8. The van der Waals surface area contributed by atoms with Crippen molar-refractivity contribution in [1.29, 1.82) is 0 Å². The van der Waals surface area contributed by atoms with E-state index in [0.717, 1.165) is 34.8 Å². The molecular formula is C27H32N2O4. The maximum absolute atomic E-state index is 12.8. The van der Waals surface area contributed by atoms with Crippen molar-refractivity contribution in [2.24, 2.45) is 5.92 Å². The fourth-order valence-corrected chi connectivity index (χ4v) is 3.93. The molecule has 174 valence electrons. The van der Waals surface area contributed by atoms with Crippen LogP contribution in [0.15, 0.2) is 47.0 Å². The van der Waals surface area contributed by atoms with Crippen LogP contribution in [0, 0.1) is 19.8 Å². The van der Waals surface area contributed by atoms with Crippen molar-refractivity contribution in [3.63, 3.8) is 0 Å². The molecule has 0 saturated carbocycles. The van der Waals surface area contributed by atoms with Crippen LogP contribution in [0.5, 0.6) is 11.5 Å². The number of aromatic nitrogens is 1. The number of ether oxygens (including phenoxy) is 2. The lowest BCUT2D eigenvalue weighted by Crippen LogP contribution is -2.32. The molecule has 1 unspecified atom stereocenters. The SMILES string of the molecule is Cc1ccc(-c2cnc(CCC(=O)NC(c3ccc4c(c3)OCCCO4)C(C)C)o2)cc1C. The van der Waals surface area contributed by atoms with Crippen molar-refractivity contribution in [3.05, 3.63) is 65.2 Å². The quantitative estimate of drug-likeness (QED) is 0.512. The molecule has 1 aliphatic heterocycles. The highest BCUT2D eigenvalue weighted by Crippen LogP contribution is 2.34. The molecule has 2 aromatic carbocycles. The summed E-state index contributed by atoms with van der Waals surface area (Å²) in [4.78, 5) is 17.1. The summed E-state index contributed by atoms with van der Waals surface area (Å²) in [6, 6.07) is 12.0. The van der Waals surface area contributed by atoms with Crippen LogP contribution in [0.25, 0.3) is 11.3 Å². The van der Waals surface area contributed by atoms with Crippen LogP contribution >= 0.6 is 0 Å². The highest BCUT2D eigenvalue weighted by molar-refractivity contribution is 5.76. The molecule has 0 spiro atoms. The van der Waals surface area contributed by atoms with Crippen LogP contribution in [0.2, 0.25) is 0 Å². The molecule has 0 saturated heterocycles. The van der Waals surface area contributed by atoms with Crippen LogP contribution < -0.4 is 14.8 Å². The van der Waals surface area contributed by atoms with Crippen molar-refractivity contribution in [1.82, 2.24) is 10.3 Å². The van der Waals surface area contributed by atoms with Gasteiger partial charge in [0.1, 0.15) is 0 Å². The zero-order valence-corrected chi connectivity index (χ0v) is 19.8. The summed E-state index contributed by atoms with van der Waals surface area (Å²) < 4.78 is 17.5. The number of fused-ring (bicyclic) bond motifs is 1. The second-order valence-electron chi connectivity index (χ2n) is 8.96. The minimum atomic E-state index is -0.120. The Kier molecular flexibility index (Phi) is 7.02. The molecule has 1 aromatic heterocycles. The summed E-state index contributed by atoms with van der Waals surface area (Å²) in [5, 5.41) is 3.17. The van der Waals surface area contributed by atoms with E-state index in [1.807, 2.05) is 24.3 Å². The van der Waals surface area contributed by atoms with Gasteiger partial charge in [-0.1, -0.05) is 32.0 Å². The summed E-state index contributed by atoms with van der Waals surface area (Å²) in [7, 11) is 0. The zero-order chi connectivity index (χ0) is 23.4. The monoisotopic (exact) mass is 448 g/mol. The van der Waals surface area contributed by atoms with Gasteiger partial charge >= 0.3 is 0 Å². The molecular weight excluding hydrogens is 416 g/mol. The van der Waals surface area contributed by atoms with Crippen molar-refractivity contribution in [2.45, 2.75) is 53.0 Å². The summed E-state index contributed by atoms with van der Waals surface area (Å²) >= 11 is 0. The van der Waals surface area contributed by atoms with E-state index in [2.05, 4.69) is 50.1 Å². The molecule has 1 aliphatic rings. The number of aryl methyl sites for hydroxylation is 3. The fraction of sp³-hybridized carbons (Fsp3) is 0.407. The summed E-state index contributed by atoms with van der Waals surface area (Å²) in [5.74, 6) is 2.97. The third-order valence-electron chi connectivity index (χ3n) is 6.02. The molecule has 3 aromatic rings. The van der Waals surface area contributed by atoms with Crippen LogP contribution in [-0.2, 0) is 11.2 Å². The number of nitrogens with one attached hydrogen (secondary N) is 1. The molecule has 4 rings (SSSR count). The summed E-state index contributed by atoms with van der Waals surface area (Å²) in [5.41, 5.74) is 4.45. The van der Waals surface area contributed by atoms with E-state index >= 15 is 0 Å². The minimum Gasteiger partial charge on any atom is -0.490 e. The Labute approximate surface area is 195 Å². The highest BCUT2D eigenvalue weighted by Gasteiger charge is 2.21. The molecule has 0 radical (unpaired) electrons. The summed E-state index contributed by atoms with van der Waals surface area (Å²) in [6.45, 7) is 9.64. The van der Waals surface area contributed by atoms with Gasteiger partial charge in [0, 0.05) is 24.8 Å². The number of oxazole rings is 1. The van der Waals surface area contributed by atoms with Crippen molar-refractivity contribution < 1.29 is 18.7 Å². The van der Waals surface area contributed by atoms with Crippen molar-refractivity contribution in [3.8, 4) is 22.8 Å². The first-order valence-electron chi connectivity index (χ1n) is 11.6. The van der Waals surface area contributed by atoms with Gasteiger partial charge in [-0.2, -0.15) is 0 Å². The average molecular weight is 449 g/mol. The number of hydrogen-bond acceptors (Lipinski definition) is 5. The van der Waals surface area contributed by atoms with Crippen molar-refractivity contribution in [2.75, 3.05) is 13.2 Å². The molecule has 1 N–H and O–H groups in total. The second kappa shape index (κ2) is 10.1. The van der Waals surface area contributed by atoms with E-state index < -0.39 is 0 Å². The lowest BCUT2D eigenvalue weighted by molar-refractivity contribution is -0.122. The van der Waals surface area contributed by atoms with E-state index in [4.69, 9.17) is 13.9 Å². The first kappa shape index (κ1) is 22.9.